The van der Waals surface area contributed by atoms with Gasteiger partial charge in [0.15, 0.2) is 0 Å². The summed E-state index contributed by atoms with van der Waals surface area (Å²) in [5, 5.41) is 0. The Morgan fingerprint density at radius 2 is 2.38 bits per heavy atom. The average Bonchev–Trinajstić information content (AvgIpc) is 2.31. The highest BCUT2D eigenvalue weighted by Crippen LogP contribution is 2.24. The number of likely N-dealkylation sites (N-methyl/N-ethyl adjacent to an activating group) is 1. The van der Waals surface area contributed by atoms with E-state index in [2.05, 4.69) is 23.7 Å². The van der Waals surface area contributed by atoms with Gasteiger partial charge in [-0.25, -0.2) is 4.98 Å². The lowest BCUT2D eigenvalue weighted by molar-refractivity contribution is -0.0581. The molecule has 0 radical (unpaired) electrons. The zero-order chi connectivity index (χ0) is 11.5. The number of anilines is 1. The second-order valence-electron chi connectivity index (χ2n) is 4.27. The summed E-state index contributed by atoms with van der Waals surface area (Å²) in [5.74, 6) is 0.556. The number of rotatable bonds is 2. The van der Waals surface area contributed by atoms with Crippen LogP contribution in [-0.2, 0) is 4.74 Å². The van der Waals surface area contributed by atoms with Crippen LogP contribution < -0.4 is 5.73 Å². The van der Waals surface area contributed by atoms with Crippen LogP contribution in [0.15, 0.2) is 18.3 Å². The molecule has 2 heterocycles. The monoisotopic (exact) mass is 221 g/mol. The highest BCUT2D eigenvalue weighted by Gasteiger charge is 2.25. The molecule has 88 valence electrons. The highest BCUT2D eigenvalue weighted by molar-refractivity contribution is 5.30. The highest BCUT2D eigenvalue weighted by atomic mass is 16.5. The van der Waals surface area contributed by atoms with E-state index in [1.807, 2.05) is 18.3 Å². The Balaban J connectivity index is 2.08. The van der Waals surface area contributed by atoms with Gasteiger partial charge in [0.25, 0.3) is 0 Å². The normalized spacial score (nSPS) is 26.9. The van der Waals surface area contributed by atoms with Crippen LogP contribution in [0, 0.1) is 0 Å². The zero-order valence-electron chi connectivity index (χ0n) is 9.89. The lowest BCUT2D eigenvalue weighted by Gasteiger charge is -2.37. The molecule has 1 aliphatic heterocycles. The topological polar surface area (TPSA) is 51.4 Å². The van der Waals surface area contributed by atoms with Crippen molar-refractivity contribution in [2.45, 2.75) is 26.0 Å². The van der Waals surface area contributed by atoms with Gasteiger partial charge < -0.3 is 10.5 Å². The van der Waals surface area contributed by atoms with Crippen molar-refractivity contribution in [2.24, 2.45) is 0 Å². The first-order valence-corrected chi connectivity index (χ1v) is 5.77. The second kappa shape index (κ2) is 4.80. The van der Waals surface area contributed by atoms with E-state index in [-0.39, 0.29) is 6.10 Å². The third-order valence-electron chi connectivity index (χ3n) is 3.15. The lowest BCUT2D eigenvalue weighted by atomic mass is 10.1. The lowest BCUT2D eigenvalue weighted by Crippen LogP contribution is -2.44. The molecule has 1 fully saturated rings. The summed E-state index contributed by atoms with van der Waals surface area (Å²) < 4.78 is 5.83. The zero-order valence-corrected chi connectivity index (χ0v) is 9.89. The van der Waals surface area contributed by atoms with Gasteiger partial charge in [-0.1, -0.05) is 13.0 Å². The first kappa shape index (κ1) is 11.4. The van der Waals surface area contributed by atoms with E-state index >= 15 is 0 Å². The Morgan fingerprint density at radius 1 is 1.56 bits per heavy atom. The molecule has 0 aliphatic carbocycles. The maximum atomic E-state index is 5.83. The SMILES string of the molecule is CCN1C[C@H](c2ccc(N)nc2)OC[C@@H]1C. The van der Waals surface area contributed by atoms with Crippen LogP contribution in [0.1, 0.15) is 25.5 Å². The van der Waals surface area contributed by atoms with E-state index in [1.165, 1.54) is 0 Å². The molecular weight excluding hydrogens is 202 g/mol. The Morgan fingerprint density at radius 3 is 3.00 bits per heavy atom. The van der Waals surface area contributed by atoms with Crippen LogP contribution in [0.25, 0.3) is 0 Å². The predicted molar refractivity (Wildman–Crippen MR) is 64.1 cm³/mol. The van der Waals surface area contributed by atoms with E-state index in [0.29, 0.717) is 11.9 Å². The van der Waals surface area contributed by atoms with Crippen LogP contribution >= 0.6 is 0 Å². The Kier molecular flexibility index (Phi) is 3.41. The van der Waals surface area contributed by atoms with Crippen molar-refractivity contribution in [3.8, 4) is 0 Å². The summed E-state index contributed by atoms with van der Waals surface area (Å²) >= 11 is 0. The van der Waals surface area contributed by atoms with Gasteiger partial charge in [0.05, 0.1) is 12.7 Å². The standard InChI is InChI=1S/C12H19N3O/c1-3-15-7-11(16-8-9(15)2)10-4-5-12(13)14-6-10/h4-6,9,11H,3,7-8H2,1-2H3,(H2,13,14)/t9-,11+/m0/s1. The first-order chi connectivity index (χ1) is 7.70. The number of nitrogens with zero attached hydrogens (tertiary/aromatic N) is 2. The fourth-order valence-corrected chi connectivity index (χ4v) is 2.06. The molecule has 1 aliphatic rings. The van der Waals surface area contributed by atoms with Gasteiger partial charge in [-0.15, -0.1) is 0 Å². The van der Waals surface area contributed by atoms with Crippen molar-refractivity contribution < 1.29 is 4.74 Å². The van der Waals surface area contributed by atoms with Crippen molar-refractivity contribution in [3.05, 3.63) is 23.9 Å². The maximum absolute atomic E-state index is 5.83. The molecule has 1 aromatic rings. The summed E-state index contributed by atoms with van der Waals surface area (Å²) in [6, 6.07) is 4.33. The fraction of sp³-hybridized carbons (Fsp3) is 0.583. The number of hydrogen-bond acceptors (Lipinski definition) is 4. The van der Waals surface area contributed by atoms with Crippen molar-refractivity contribution in [2.75, 3.05) is 25.4 Å². The fourth-order valence-electron chi connectivity index (χ4n) is 2.06. The van der Waals surface area contributed by atoms with Crippen LogP contribution in [0.2, 0.25) is 0 Å². The number of hydrogen-bond donors (Lipinski definition) is 1. The molecule has 0 spiro atoms. The summed E-state index contributed by atoms with van der Waals surface area (Å²) in [6.45, 7) is 7.15. The molecule has 0 saturated carbocycles. The molecule has 1 saturated heterocycles. The van der Waals surface area contributed by atoms with Gasteiger partial charge in [-0.3, -0.25) is 4.90 Å². The molecule has 0 bridgehead atoms. The molecule has 2 atom stereocenters. The van der Waals surface area contributed by atoms with Gasteiger partial charge in [-0.05, 0) is 19.5 Å². The number of nitrogen functional groups attached to an aromatic ring is 1. The third kappa shape index (κ3) is 2.33. The smallest absolute Gasteiger partial charge is 0.123 e. The molecule has 16 heavy (non-hydrogen) atoms. The number of aromatic nitrogens is 1. The quantitative estimate of drug-likeness (QED) is 0.821. The van der Waals surface area contributed by atoms with Crippen LogP contribution in [-0.4, -0.2) is 35.6 Å². The Bertz CT molecular complexity index is 339. The van der Waals surface area contributed by atoms with E-state index in [0.717, 1.165) is 25.3 Å². The van der Waals surface area contributed by atoms with E-state index in [9.17, 15) is 0 Å². The maximum Gasteiger partial charge on any atom is 0.123 e. The van der Waals surface area contributed by atoms with E-state index in [4.69, 9.17) is 10.5 Å². The summed E-state index contributed by atoms with van der Waals surface area (Å²) in [4.78, 5) is 6.52. The molecule has 2 rings (SSSR count). The third-order valence-corrected chi connectivity index (χ3v) is 3.15. The van der Waals surface area contributed by atoms with Crippen molar-refractivity contribution >= 4 is 5.82 Å². The minimum atomic E-state index is 0.129. The minimum Gasteiger partial charge on any atom is -0.384 e. The van der Waals surface area contributed by atoms with E-state index in [1.54, 1.807) is 0 Å². The Hall–Kier alpha value is -1.13. The second-order valence-corrected chi connectivity index (χ2v) is 4.27. The molecular formula is C12H19N3O. The van der Waals surface area contributed by atoms with Gasteiger partial charge in [0.1, 0.15) is 5.82 Å². The summed E-state index contributed by atoms with van der Waals surface area (Å²) in [7, 11) is 0. The molecule has 4 nitrogen and oxygen atoms in total. The van der Waals surface area contributed by atoms with Crippen LogP contribution in [0.3, 0.4) is 0 Å². The van der Waals surface area contributed by atoms with Crippen molar-refractivity contribution in [1.82, 2.24) is 9.88 Å². The van der Waals surface area contributed by atoms with Crippen molar-refractivity contribution in [1.29, 1.82) is 0 Å². The number of ether oxygens (including phenoxy) is 1. The molecule has 0 unspecified atom stereocenters. The van der Waals surface area contributed by atoms with Crippen LogP contribution in [0.4, 0.5) is 5.82 Å². The van der Waals surface area contributed by atoms with Gasteiger partial charge >= 0.3 is 0 Å². The predicted octanol–water partition coefficient (Wildman–Crippen LogP) is 1.45. The van der Waals surface area contributed by atoms with Crippen molar-refractivity contribution in [3.63, 3.8) is 0 Å². The van der Waals surface area contributed by atoms with Gasteiger partial charge in [0, 0.05) is 24.3 Å². The molecule has 2 N–H and O–H groups in total. The largest absolute Gasteiger partial charge is 0.384 e. The van der Waals surface area contributed by atoms with E-state index < -0.39 is 0 Å². The summed E-state index contributed by atoms with van der Waals surface area (Å²) in [5.41, 5.74) is 6.68. The van der Waals surface area contributed by atoms with Gasteiger partial charge in [-0.2, -0.15) is 0 Å². The first-order valence-electron chi connectivity index (χ1n) is 5.77. The number of nitrogens with two attached hydrogens (primary N) is 1. The molecule has 1 aromatic heterocycles. The average molecular weight is 221 g/mol. The minimum absolute atomic E-state index is 0.129. The molecule has 0 aromatic carbocycles. The Labute approximate surface area is 96.4 Å². The number of pyridine rings is 1. The van der Waals surface area contributed by atoms with Crippen LogP contribution in [0.5, 0.6) is 0 Å². The number of morpholine rings is 1. The molecule has 4 heteroatoms. The van der Waals surface area contributed by atoms with Gasteiger partial charge in [0.2, 0.25) is 0 Å². The molecule has 0 amide bonds. The summed E-state index contributed by atoms with van der Waals surface area (Å²) in [6.07, 6.45) is 1.94.